The summed E-state index contributed by atoms with van der Waals surface area (Å²) in [5.74, 6) is 0.565. The third-order valence-corrected chi connectivity index (χ3v) is 4.81. The molecule has 3 atom stereocenters. The van der Waals surface area contributed by atoms with Gasteiger partial charge >= 0.3 is 0 Å². The first-order chi connectivity index (χ1) is 9.58. The van der Waals surface area contributed by atoms with E-state index in [-0.39, 0.29) is 0 Å². The van der Waals surface area contributed by atoms with Crippen molar-refractivity contribution in [2.75, 3.05) is 13.2 Å². The van der Waals surface area contributed by atoms with Gasteiger partial charge in [0.15, 0.2) is 0 Å². The van der Waals surface area contributed by atoms with Crippen LogP contribution in [0.25, 0.3) is 0 Å². The number of nitrogens with one attached hydrogen (secondary N) is 1. The Balaban J connectivity index is 2.16. The number of ether oxygens (including phenoxy) is 1. The molecule has 20 heavy (non-hydrogen) atoms. The van der Waals surface area contributed by atoms with Gasteiger partial charge in [-0.15, -0.1) is 0 Å². The number of aromatic nitrogens is 2. The van der Waals surface area contributed by atoms with Gasteiger partial charge in [-0.25, -0.2) is 0 Å². The van der Waals surface area contributed by atoms with Crippen molar-refractivity contribution in [1.29, 1.82) is 0 Å². The lowest BCUT2D eigenvalue weighted by molar-refractivity contribution is 0.0776. The fourth-order valence-electron chi connectivity index (χ4n) is 3.31. The van der Waals surface area contributed by atoms with Crippen LogP contribution in [0, 0.1) is 12.8 Å². The Kier molecular flexibility index (Phi) is 5.47. The maximum absolute atomic E-state index is 6.38. The molecule has 1 aromatic rings. The van der Waals surface area contributed by atoms with E-state index in [1.165, 1.54) is 5.56 Å². The van der Waals surface area contributed by atoms with Crippen molar-refractivity contribution in [2.45, 2.75) is 52.2 Å². The van der Waals surface area contributed by atoms with Crippen LogP contribution in [-0.4, -0.2) is 35.1 Å². The number of halogens is 1. The Hall–Kier alpha value is -0.580. The monoisotopic (exact) mass is 299 g/mol. The number of hydrogen-bond acceptors (Lipinski definition) is 3. The second kappa shape index (κ2) is 6.92. The molecule has 0 amide bonds. The fraction of sp³-hybridized carbons (Fsp3) is 0.800. The van der Waals surface area contributed by atoms with Crippen LogP contribution < -0.4 is 5.32 Å². The molecule has 1 aliphatic heterocycles. The van der Waals surface area contributed by atoms with Gasteiger partial charge in [0, 0.05) is 31.2 Å². The molecule has 1 aromatic heterocycles. The molecule has 0 radical (unpaired) electrons. The zero-order chi connectivity index (χ0) is 14.7. The van der Waals surface area contributed by atoms with E-state index in [4.69, 9.17) is 16.3 Å². The highest BCUT2D eigenvalue weighted by atomic mass is 35.5. The van der Waals surface area contributed by atoms with Gasteiger partial charge in [0.25, 0.3) is 0 Å². The molecular weight excluding hydrogens is 274 g/mol. The quantitative estimate of drug-likeness (QED) is 0.878. The van der Waals surface area contributed by atoms with Crippen LogP contribution in [0.3, 0.4) is 0 Å². The second-order valence-corrected chi connectivity index (χ2v) is 5.97. The van der Waals surface area contributed by atoms with Crippen LogP contribution >= 0.6 is 11.6 Å². The van der Waals surface area contributed by atoms with E-state index >= 15 is 0 Å². The molecule has 0 aliphatic carbocycles. The molecule has 1 aliphatic rings. The topological polar surface area (TPSA) is 39.1 Å². The van der Waals surface area contributed by atoms with Crippen molar-refractivity contribution >= 4 is 11.6 Å². The number of aryl methyl sites for hydroxylation is 2. The lowest BCUT2D eigenvalue weighted by atomic mass is 9.87. The van der Waals surface area contributed by atoms with E-state index in [2.05, 4.69) is 24.3 Å². The summed E-state index contributed by atoms with van der Waals surface area (Å²) in [6.07, 6.45) is 3.51. The van der Waals surface area contributed by atoms with Crippen LogP contribution in [0.15, 0.2) is 0 Å². The lowest BCUT2D eigenvalue weighted by Crippen LogP contribution is -2.41. The normalized spacial score (nSPS) is 24.2. The van der Waals surface area contributed by atoms with Gasteiger partial charge in [-0.1, -0.05) is 25.4 Å². The smallest absolute Gasteiger partial charge is 0.130 e. The highest BCUT2D eigenvalue weighted by molar-refractivity contribution is 6.30. The molecule has 1 saturated heterocycles. The van der Waals surface area contributed by atoms with Gasteiger partial charge in [0.2, 0.25) is 0 Å². The molecule has 2 heterocycles. The maximum Gasteiger partial charge on any atom is 0.130 e. The molecule has 1 N–H and O–H groups in total. The van der Waals surface area contributed by atoms with Crippen molar-refractivity contribution in [3.8, 4) is 0 Å². The van der Waals surface area contributed by atoms with Gasteiger partial charge in [0.05, 0.1) is 11.8 Å². The van der Waals surface area contributed by atoms with E-state index in [1.807, 2.05) is 14.0 Å². The van der Waals surface area contributed by atoms with Crippen molar-refractivity contribution in [3.05, 3.63) is 16.4 Å². The van der Waals surface area contributed by atoms with Crippen LogP contribution in [-0.2, 0) is 18.2 Å². The summed E-state index contributed by atoms with van der Waals surface area (Å²) in [6.45, 7) is 8.24. The van der Waals surface area contributed by atoms with E-state index in [9.17, 15) is 0 Å². The summed E-state index contributed by atoms with van der Waals surface area (Å²) in [4.78, 5) is 0. The van der Waals surface area contributed by atoms with Crippen molar-refractivity contribution in [1.82, 2.24) is 15.1 Å². The van der Waals surface area contributed by atoms with E-state index in [0.29, 0.717) is 18.1 Å². The van der Waals surface area contributed by atoms with Crippen LogP contribution in [0.4, 0.5) is 0 Å². The van der Waals surface area contributed by atoms with Crippen molar-refractivity contribution < 1.29 is 4.74 Å². The third-order valence-electron chi connectivity index (χ3n) is 4.34. The van der Waals surface area contributed by atoms with Crippen LogP contribution in [0.5, 0.6) is 0 Å². The van der Waals surface area contributed by atoms with Gasteiger partial charge in [0.1, 0.15) is 5.15 Å². The summed E-state index contributed by atoms with van der Waals surface area (Å²) >= 11 is 6.38. The molecule has 5 heteroatoms. The second-order valence-electron chi connectivity index (χ2n) is 5.62. The highest BCUT2D eigenvalue weighted by Crippen LogP contribution is 2.30. The largest absolute Gasteiger partial charge is 0.378 e. The molecule has 0 saturated carbocycles. The first-order valence-electron chi connectivity index (χ1n) is 7.61. The first kappa shape index (κ1) is 15.8. The minimum absolute atomic E-state index is 0.370. The molecule has 4 nitrogen and oxygen atoms in total. The Morgan fingerprint density at radius 1 is 1.50 bits per heavy atom. The summed E-state index contributed by atoms with van der Waals surface area (Å²) in [7, 11) is 1.90. The third kappa shape index (κ3) is 3.18. The Morgan fingerprint density at radius 2 is 2.25 bits per heavy atom. The van der Waals surface area contributed by atoms with E-state index in [0.717, 1.165) is 43.3 Å². The minimum atomic E-state index is 0.370. The van der Waals surface area contributed by atoms with Gasteiger partial charge in [-0.05, 0) is 32.7 Å². The molecular formula is C15H26ClN3O. The number of rotatable bonds is 6. The van der Waals surface area contributed by atoms with Crippen molar-refractivity contribution in [3.63, 3.8) is 0 Å². The zero-order valence-electron chi connectivity index (χ0n) is 12.9. The SMILES string of the molecule is CCNC(Cc1c(C)nn(C)c1Cl)C1CCOC1CC. The standard InChI is InChI=1S/C15H26ClN3O/c1-5-14-11(7-8-20-14)13(17-6-2)9-12-10(3)18-19(4)15(12)16/h11,13-14,17H,5-9H2,1-4H3. The molecule has 114 valence electrons. The summed E-state index contributed by atoms with van der Waals surface area (Å²) in [6, 6.07) is 0.410. The summed E-state index contributed by atoms with van der Waals surface area (Å²) in [5, 5.41) is 8.80. The Morgan fingerprint density at radius 3 is 2.80 bits per heavy atom. The van der Waals surface area contributed by atoms with Crippen LogP contribution in [0.2, 0.25) is 5.15 Å². The van der Waals surface area contributed by atoms with E-state index < -0.39 is 0 Å². The van der Waals surface area contributed by atoms with Gasteiger partial charge < -0.3 is 10.1 Å². The molecule has 0 aromatic carbocycles. The lowest BCUT2D eigenvalue weighted by Gasteiger charge is -2.28. The predicted octanol–water partition coefficient (Wildman–Crippen LogP) is 2.72. The maximum atomic E-state index is 6.38. The number of likely N-dealkylation sites (N-methyl/N-ethyl adjacent to an activating group) is 1. The molecule has 1 fully saturated rings. The molecule has 3 unspecified atom stereocenters. The molecule has 2 rings (SSSR count). The minimum Gasteiger partial charge on any atom is -0.378 e. The Bertz CT molecular complexity index is 447. The molecule has 0 spiro atoms. The summed E-state index contributed by atoms with van der Waals surface area (Å²) < 4.78 is 7.61. The van der Waals surface area contributed by atoms with Crippen molar-refractivity contribution in [2.24, 2.45) is 13.0 Å². The number of nitrogens with zero attached hydrogens (tertiary/aromatic N) is 2. The average molecular weight is 300 g/mol. The Labute approximate surface area is 126 Å². The van der Waals surface area contributed by atoms with Gasteiger partial charge in [-0.3, -0.25) is 4.68 Å². The first-order valence-corrected chi connectivity index (χ1v) is 7.99. The predicted molar refractivity (Wildman–Crippen MR) is 82.3 cm³/mol. The van der Waals surface area contributed by atoms with E-state index in [1.54, 1.807) is 4.68 Å². The summed E-state index contributed by atoms with van der Waals surface area (Å²) in [5.41, 5.74) is 2.20. The zero-order valence-corrected chi connectivity index (χ0v) is 13.7. The highest BCUT2D eigenvalue weighted by Gasteiger charge is 2.34. The molecule has 0 bridgehead atoms. The fourth-order valence-corrected chi connectivity index (χ4v) is 3.56. The number of hydrogen-bond donors (Lipinski definition) is 1. The average Bonchev–Trinajstić information content (AvgIpc) is 2.98. The van der Waals surface area contributed by atoms with Gasteiger partial charge in [-0.2, -0.15) is 5.10 Å². The van der Waals surface area contributed by atoms with Crippen LogP contribution in [0.1, 0.15) is 37.9 Å².